The standard InChI is InChI=1S/C8H9BrOS/c1-6-2-3-11-8(6)7(4-9)5-10/h2-3,5,7H,4H2,1H3. The first-order chi connectivity index (χ1) is 5.29. The molecule has 60 valence electrons. The number of aldehydes is 1. The highest BCUT2D eigenvalue weighted by atomic mass is 79.9. The van der Waals surface area contributed by atoms with Gasteiger partial charge in [-0.05, 0) is 23.9 Å². The number of rotatable bonds is 3. The number of halogens is 1. The number of thiophene rings is 1. The third-order valence-electron chi connectivity index (χ3n) is 1.57. The molecule has 1 heterocycles. The summed E-state index contributed by atoms with van der Waals surface area (Å²) in [5.41, 5.74) is 1.21. The zero-order valence-electron chi connectivity index (χ0n) is 6.21. The van der Waals surface area contributed by atoms with E-state index in [1.54, 1.807) is 11.3 Å². The number of aryl methyl sites for hydroxylation is 1. The Morgan fingerprint density at radius 3 is 2.91 bits per heavy atom. The Morgan fingerprint density at radius 1 is 1.82 bits per heavy atom. The van der Waals surface area contributed by atoms with Gasteiger partial charge >= 0.3 is 0 Å². The molecule has 0 fully saturated rings. The van der Waals surface area contributed by atoms with Crippen LogP contribution in [0.3, 0.4) is 0 Å². The minimum Gasteiger partial charge on any atom is -0.303 e. The summed E-state index contributed by atoms with van der Waals surface area (Å²) in [5.74, 6) is 0.0370. The van der Waals surface area contributed by atoms with Crippen LogP contribution in [0, 0.1) is 6.92 Å². The molecule has 3 heteroatoms. The second kappa shape index (κ2) is 4.02. The Morgan fingerprint density at radius 2 is 2.55 bits per heavy atom. The van der Waals surface area contributed by atoms with Crippen LogP contribution >= 0.6 is 27.3 Å². The maximum Gasteiger partial charge on any atom is 0.129 e. The van der Waals surface area contributed by atoms with E-state index in [4.69, 9.17) is 0 Å². The van der Waals surface area contributed by atoms with Gasteiger partial charge in [0.15, 0.2) is 0 Å². The van der Waals surface area contributed by atoms with Gasteiger partial charge in [0, 0.05) is 10.2 Å². The van der Waals surface area contributed by atoms with E-state index in [0.717, 1.165) is 11.6 Å². The van der Waals surface area contributed by atoms with Gasteiger partial charge in [-0.15, -0.1) is 11.3 Å². The van der Waals surface area contributed by atoms with Gasteiger partial charge < -0.3 is 4.79 Å². The Hall–Kier alpha value is -0.150. The van der Waals surface area contributed by atoms with E-state index in [-0.39, 0.29) is 5.92 Å². The molecular formula is C8H9BrOS. The largest absolute Gasteiger partial charge is 0.303 e. The number of carbonyl (C=O) groups is 1. The lowest BCUT2D eigenvalue weighted by Crippen LogP contribution is -1.99. The monoisotopic (exact) mass is 232 g/mol. The second-order valence-corrected chi connectivity index (χ2v) is 3.96. The van der Waals surface area contributed by atoms with Crippen molar-refractivity contribution in [3.63, 3.8) is 0 Å². The fourth-order valence-corrected chi connectivity index (χ4v) is 2.61. The van der Waals surface area contributed by atoms with Crippen molar-refractivity contribution in [3.8, 4) is 0 Å². The molecule has 1 rings (SSSR count). The molecule has 0 N–H and O–H groups in total. The van der Waals surface area contributed by atoms with Gasteiger partial charge in [0.1, 0.15) is 6.29 Å². The molecule has 11 heavy (non-hydrogen) atoms. The van der Waals surface area contributed by atoms with E-state index in [9.17, 15) is 4.79 Å². The summed E-state index contributed by atoms with van der Waals surface area (Å²) in [5, 5.41) is 2.74. The summed E-state index contributed by atoms with van der Waals surface area (Å²) in [6, 6.07) is 2.04. The molecule has 0 saturated carbocycles. The van der Waals surface area contributed by atoms with Crippen LogP contribution in [-0.4, -0.2) is 11.6 Å². The van der Waals surface area contributed by atoms with E-state index in [0.29, 0.717) is 0 Å². The van der Waals surface area contributed by atoms with Crippen LogP contribution in [0.25, 0.3) is 0 Å². The van der Waals surface area contributed by atoms with E-state index >= 15 is 0 Å². The maximum atomic E-state index is 10.6. The lowest BCUT2D eigenvalue weighted by Gasteiger charge is -2.03. The molecular weight excluding hydrogens is 224 g/mol. The summed E-state index contributed by atoms with van der Waals surface area (Å²) in [6.07, 6.45) is 0.994. The predicted molar refractivity (Wildman–Crippen MR) is 51.7 cm³/mol. The zero-order chi connectivity index (χ0) is 8.27. The Kier molecular flexibility index (Phi) is 3.27. The first kappa shape index (κ1) is 8.94. The first-order valence-electron chi connectivity index (χ1n) is 3.35. The van der Waals surface area contributed by atoms with Crippen LogP contribution in [0.5, 0.6) is 0 Å². The lowest BCUT2D eigenvalue weighted by atomic mass is 10.1. The molecule has 0 bridgehead atoms. The summed E-state index contributed by atoms with van der Waals surface area (Å²) in [7, 11) is 0. The van der Waals surface area contributed by atoms with Crippen molar-refractivity contribution in [1.82, 2.24) is 0 Å². The molecule has 0 aromatic carbocycles. The summed E-state index contributed by atoms with van der Waals surface area (Å²) >= 11 is 4.95. The molecule has 1 nitrogen and oxygen atoms in total. The Bertz CT molecular complexity index is 244. The Labute approximate surface area is 78.6 Å². The highest BCUT2D eigenvalue weighted by Crippen LogP contribution is 2.25. The minimum atomic E-state index is 0.0370. The fourth-order valence-electron chi connectivity index (χ4n) is 0.933. The molecule has 0 aliphatic carbocycles. The van der Waals surface area contributed by atoms with Crippen LogP contribution < -0.4 is 0 Å². The molecule has 0 aliphatic rings. The van der Waals surface area contributed by atoms with E-state index in [1.807, 2.05) is 18.4 Å². The summed E-state index contributed by atoms with van der Waals surface area (Å²) in [4.78, 5) is 11.7. The number of hydrogen-bond donors (Lipinski definition) is 0. The van der Waals surface area contributed by atoms with Crippen LogP contribution in [0.4, 0.5) is 0 Å². The summed E-state index contributed by atoms with van der Waals surface area (Å²) < 4.78 is 0. The van der Waals surface area contributed by atoms with E-state index in [2.05, 4.69) is 15.9 Å². The molecule has 1 unspecified atom stereocenters. The third-order valence-corrected chi connectivity index (χ3v) is 3.42. The molecule has 1 aromatic rings. The normalized spacial score (nSPS) is 12.9. The van der Waals surface area contributed by atoms with Crippen LogP contribution in [0.2, 0.25) is 0 Å². The van der Waals surface area contributed by atoms with Gasteiger partial charge in [0.2, 0.25) is 0 Å². The Balaban J connectivity index is 2.89. The van der Waals surface area contributed by atoms with Crippen molar-refractivity contribution in [3.05, 3.63) is 21.9 Å². The number of carbonyl (C=O) groups excluding carboxylic acids is 1. The minimum absolute atomic E-state index is 0.0370. The fraction of sp³-hybridized carbons (Fsp3) is 0.375. The van der Waals surface area contributed by atoms with Gasteiger partial charge in [-0.1, -0.05) is 15.9 Å². The van der Waals surface area contributed by atoms with Gasteiger partial charge in [-0.25, -0.2) is 0 Å². The smallest absolute Gasteiger partial charge is 0.129 e. The molecule has 0 amide bonds. The molecule has 1 aromatic heterocycles. The lowest BCUT2D eigenvalue weighted by molar-refractivity contribution is -0.108. The van der Waals surface area contributed by atoms with Gasteiger partial charge in [-0.3, -0.25) is 0 Å². The van der Waals surface area contributed by atoms with Crippen LogP contribution in [0.15, 0.2) is 11.4 Å². The average molecular weight is 233 g/mol. The molecule has 0 saturated heterocycles. The predicted octanol–water partition coefficient (Wildman–Crippen LogP) is 2.73. The molecule has 0 radical (unpaired) electrons. The van der Waals surface area contributed by atoms with Gasteiger partial charge in [0.25, 0.3) is 0 Å². The van der Waals surface area contributed by atoms with Crippen molar-refractivity contribution < 1.29 is 4.79 Å². The SMILES string of the molecule is Cc1ccsc1C(C=O)CBr. The average Bonchev–Trinajstić information content (AvgIpc) is 2.40. The molecule has 1 atom stereocenters. The van der Waals surface area contributed by atoms with Gasteiger partial charge in [0.05, 0.1) is 5.92 Å². The van der Waals surface area contributed by atoms with E-state index < -0.39 is 0 Å². The highest BCUT2D eigenvalue weighted by Gasteiger charge is 2.11. The topological polar surface area (TPSA) is 17.1 Å². The van der Waals surface area contributed by atoms with Crippen LogP contribution in [0.1, 0.15) is 16.4 Å². The highest BCUT2D eigenvalue weighted by molar-refractivity contribution is 9.09. The van der Waals surface area contributed by atoms with Crippen molar-refractivity contribution in [2.75, 3.05) is 5.33 Å². The first-order valence-corrected chi connectivity index (χ1v) is 5.35. The van der Waals surface area contributed by atoms with Crippen molar-refractivity contribution in [2.45, 2.75) is 12.8 Å². The number of hydrogen-bond acceptors (Lipinski definition) is 2. The quantitative estimate of drug-likeness (QED) is 0.579. The number of alkyl halides is 1. The third kappa shape index (κ3) is 1.91. The van der Waals surface area contributed by atoms with E-state index in [1.165, 1.54) is 10.4 Å². The second-order valence-electron chi connectivity index (χ2n) is 2.36. The summed E-state index contributed by atoms with van der Waals surface area (Å²) in [6.45, 7) is 2.03. The van der Waals surface area contributed by atoms with Crippen molar-refractivity contribution >= 4 is 33.6 Å². The zero-order valence-corrected chi connectivity index (χ0v) is 8.61. The molecule has 0 spiro atoms. The van der Waals surface area contributed by atoms with Crippen LogP contribution in [-0.2, 0) is 4.79 Å². The maximum absolute atomic E-state index is 10.6. The van der Waals surface area contributed by atoms with Gasteiger partial charge in [-0.2, -0.15) is 0 Å². The molecule has 0 aliphatic heterocycles. The van der Waals surface area contributed by atoms with Crippen molar-refractivity contribution in [1.29, 1.82) is 0 Å². The van der Waals surface area contributed by atoms with Crippen molar-refractivity contribution in [2.24, 2.45) is 0 Å².